The molecule has 0 fully saturated rings. The average molecular weight is 329 g/mol. The Kier molecular flexibility index (Phi) is 3.74. The fourth-order valence-electron chi connectivity index (χ4n) is 2.25. The molecule has 122 valence electrons. The summed E-state index contributed by atoms with van der Waals surface area (Å²) in [5.41, 5.74) is 0.699. The first-order chi connectivity index (χ1) is 11.5. The fourth-order valence-corrected chi connectivity index (χ4v) is 2.25. The van der Waals surface area contributed by atoms with E-state index >= 15 is 0 Å². The van der Waals surface area contributed by atoms with Gasteiger partial charge in [-0.3, -0.25) is 19.9 Å². The molecule has 2 aromatic carbocycles. The molecule has 2 N–H and O–H groups in total. The number of benzene rings is 2. The summed E-state index contributed by atoms with van der Waals surface area (Å²) in [6, 6.07) is 8.61. The predicted octanol–water partition coefficient (Wildman–Crippen LogP) is 2.29. The second-order valence-electron chi connectivity index (χ2n) is 4.79. The van der Waals surface area contributed by atoms with Crippen LogP contribution >= 0.6 is 0 Å². The monoisotopic (exact) mass is 329 g/mol. The van der Waals surface area contributed by atoms with Crippen LogP contribution in [-0.4, -0.2) is 22.9 Å². The van der Waals surface area contributed by atoms with Gasteiger partial charge in [-0.1, -0.05) is 6.07 Å². The van der Waals surface area contributed by atoms with Gasteiger partial charge in [-0.05, 0) is 24.3 Å². The van der Waals surface area contributed by atoms with Gasteiger partial charge in [-0.25, -0.2) is 4.79 Å². The van der Waals surface area contributed by atoms with E-state index in [0.29, 0.717) is 16.8 Å². The highest BCUT2D eigenvalue weighted by Gasteiger charge is 2.19. The van der Waals surface area contributed by atoms with E-state index in [4.69, 9.17) is 9.15 Å². The number of rotatable bonds is 4. The summed E-state index contributed by atoms with van der Waals surface area (Å²) < 4.78 is 9.80. The number of nitrogens with zero attached hydrogens (tertiary/aromatic N) is 1. The average Bonchev–Trinajstić information content (AvgIpc) is 2.95. The van der Waals surface area contributed by atoms with Gasteiger partial charge in [0.05, 0.1) is 17.7 Å². The van der Waals surface area contributed by atoms with Crippen LogP contribution in [0.25, 0.3) is 11.1 Å². The number of carbonyl (C=O) groups excluding carboxylic acids is 1. The van der Waals surface area contributed by atoms with Crippen LogP contribution in [0.2, 0.25) is 0 Å². The second-order valence-corrected chi connectivity index (χ2v) is 4.79. The first-order valence-corrected chi connectivity index (χ1v) is 6.75. The summed E-state index contributed by atoms with van der Waals surface area (Å²) >= 11 is 0. The van der Waals surface area contributed by atoms with Crippen LogP contribution in [-0.2, 0) is 0 Å². The highest BCUT2D eigenvalue weighted by Crippen LogP contribution is 2.28. The summed E-state index contributed by atoms with van der Waals surface area (Å²) in [6.07, 6.45) is 0. The lowest BCUT2D eigenvalue weighted by atomic mass is 10.1. The first-order valence-electron chi connectivity index (χ1n) is 6.75. The number of aromatic amines is 1. The topological polar surface area (TPSA) is 127 Å². The number of carbonyl (C=O) groups is 1. The number of nitro benzene ring substituents is 1. The summed E-state index contributed by atoms with van der Waals surface area (Å²) in [7, 11) is 1.30. The molecule has 3 rings (SSSR count). The number of ether oxygens (including phenoxy) is 1. The Balaban J connectivity index is 1.96. The number of H-pyrrole nitrogens is 1. The van der Waals surface area contributed by atoms with Gasteiger partial charge < -0.3 is 14.5 Å². The smallest absolute Gasteiger partial charge is 0.417 e. The summed E-state index contributed by atoms with van der Waals surface area (Å²) in [6.45, 7) is 0. The number of hydrogen-bond donors (Lipinski definition) is 2. The minimum Gasteiger partial charge on any atom is -0.490 e. The Hall–Kier alpha value is -3.62. The summed E-state index contributed by atoms with van der Waals surface area (Å²) in [5, 5.41) is 13.6. The number of aromatic nitrogens is 1. The molecule has 0 aliphatic rings. The molecular weight excluding hydrogens is 318 g/mol. The van der Waals surface area contributed by atoms with Gasteiger partial charge >= 0.3 is 11.4 Å². The number of anilines is 1. The zero-order chi connectivity index (χ0) is 17.3. The minimum atomic E-state index is -0.646. The number of nitrogens with one attached hydrogen (secondary N) is 2. The van der Waals surface area contributed by atoms with E-state index in [2.05, 4.69) is 10.3 Å². The molecule has 24 heavy (non-hydrogen) atoms. The molecule has 0 bridgehead atoms. The van der Waals surface area contributed by atoms with Crippen molar-refractivity contribution in [3.8, 4) is 5.75 Å². The van der Waals surface area contributed by atoms with E-state index < -0.39 is 16.6 Å². The molecule has 0 spiro atoms. The summed E-state index contributed by atoms with van der Waals surface area (Å²) in [5.74, 6) is -1.17. The normalized spacial score (nSPS) is 10.5. The number of amides is 1. The number of oxazole rings is 1. The maximum absolute atomic E-state index is 12.3. The fraction of sp³-hybridized carbons (Fsp3) is 0.0667. The Labute approximate surface area is 134 Å². The van der Waals surface area contributed by atoms with Gasteiger partial charge in [0.25, 0.3) is 5.91 Å². The van der Waals surface area contributed by atoms with Gasteiger partial charge in [0.2, 0.25) is 0 Å². The van der Waals surface area contributed by atoms with Gasteiger partial charge in [0.1, 0.15) is 5.52 Å². The van der Waals surface area contributed by atoms with E-state index in [9.17, 15) is 19.7 Å². The SMILES string of the molecule is COc1ccc(C(=O)Nc2cccc3oc(=O)[nH]c23)cc1[N+](=O)[O-]. The van der Waals surface area contributed by atoms with Crippen LogP contribution in [0.3, 0.4) is 0 Å². The first kappa shape index (κ1) is 15.3. The summed E-state index contributed by atoms with van der Waals surface area (Å²) in [4.78, 5) is 36.5. The van der Waals surface area contributed by atoms with Gasteiger partial charge in [0.15, 0.2) is 11.3 Å². The second kappa shape index (κ2) is 5.88. The Morgan fingerprint density at radius 2 is 2.12 bits per heavy atom. The largest absolute Gasteiger partial charge is 0.490 e. The Morgan fingerprint density at radius 1 is 1.33 bits per heavy atom. The van der Waals surface area contributed by atoms with Crippen LogP contribution in [0.1, 0.15) is 10.4 Å². The third kappa shape index (κ3) is 2.70. The van der Waals surface area contributed by atoms with Crippen molar-refractivity contribution < 1.29 is 18.9 Å². The molecule has 9 heteroatoms. The van der Waals surface area contributed by atoms with E-state index in [-0.39, 0.29) is 17.0 Å². The molecule has 0 radical (unpaired) electrons. The van der Waals surface area contributed by atoms with E-state index in [1.165, 1.54) is 19.2 Å². The molecule has 0 saturated carbocycles. The van der Waals surface area contributed by atoms with E-state index in [1.54, 1.807) is 18.2 Å². The van der Waals surface area contributed by atoms with Crippen molar-refractivity contribution >= 4 is 28.4 Å². The van der Waals surface area contributed by atoms with Crippen molar-refractivity contribution in [1.82, 2.24) is 4.98 Å². The lowest BCUT2D eigenvalue weighted by molar-refractivity contribution is -0.385. The zero-order valence-corrected chi connectivity index (χ0v) is 12.4. The van der Waals surface area contributed by atoms with Gasteiger partial charge in [-0.2, -0.15) is 0 Å². The minimum absolute atomic E-state index is 0.0535. The highest BCUT2D eigenvalue weighted by molar-refractivity contribution is 6.08. The van der Waals surface area contributed by atoms with Crippen LogP contribution in [0.4, 0.5) is 11.4 Å². The van der Waals surface area contributed by atoms with Crippen LogP contribution < -0.4 is 15.8 Å². The molecule has 1 heterocycles. The third-order valence-corrected chi connectivity index (χ3v) is 3.34. The van der Waals surface area contributed by atoms with Crippen molar-refractivity contribution in [2.75, 3.05) is 12.4 Å². The maximum Gasteiger partial charge on any atom is 0.417 e. The number of hydrogen-bond acceptors (Lipinski definition) is 6. The van der Waals surface area contributed by atoms with Crippen molar-refractivity contribution in [1.29, 1.82) is 0 Å². The van der Waals surface area contributed by atoms with Gasteiger partial charge in [-0.15, -0.1) is 0 Å². The molecule has 0 saturated heterocycles. The predicted molar refractivity (Wildman–Crippen MR) is 84.4 cm³/mol. The quantitative estimate of drug-likeness (QED) is 0.558. The molecule has 1 amide bonds. The zero-order valence-electron chi connectivity index (χ0n) is 12.4. The molecule has 3 aromatic rings. The third-order valence-electron chi connectivity index (χ3n) is 3.34. The molecule has 1 aromatic heterocycles. The van der Waals surface area contributed by atoms with Crippen molar-refractivity contribution in [2.45, 2.75) is 0 Å². The van der Waals surface area contributed by atoms with Crippen LogP contribution in [0.15, 0.2) is 45.6 Å². The molecular formula is C15H11N3O6. The molecule has 0 aliphatic carbocycles. The maximum atomic E-state index is 12.3. The lowest BCUT2D eigenvalue weighted by Crippen LogP contribution is -2.13. The number of fused-ring (bicyclic) bond motifs is 1. The van der Waals surface area contributed by atoms with Crippen molar-refractivity contribution in [2.24, 2.45) is 0 Å². The van der Waals surface area contributed by atoms with Crippen LogP contribution in [0, 0.1) is 10.1 Å². The molecule has 0 unspecified atom stereocenters. The molecule has 0 aliphatic heterocycles. The number of para-hydroxylation sites is 1. The van der Waals surface area contributed by atoms with E-state index in [1.807, 2.05) is 0 Å². The molecule has 0 atom stereocenters. The number of methoxy groups -OCH3 is 1. The van der Waals surface area contributed by atoms with Gasteiger partial charge in [0, 0.05) is 11.6 Å². The van der Waals surface area contributed by atoms with Crippen LogP contribution in [0.5, 0.6) is 5.75 Å². The Bertz CT molecular complexity index is 1000. The highest BCUT2D eigenvalue weighted by atomic mass is 16.6. The van der Waals surface area contributed by atoms with Crippen molar-refractivity contribution in [3.05, 3.63) is 62.6 Å². The lowest BCUT2D eigenvalue weighted by Gasteiger charge is -2.07. The van der Waals surface area contributed by atoms with Crippen molar-refractivity contribution in [3.63, 3.8) is 0 Å². The Morgan fingerprint density at radius 3 is 2.83 bits per heavy atom. The number of nitro groups is 1. The standard InChI is InChI=1S/C15H11N3O6/c1-23-11-6-5-8(7-10(11)18(21)22)14(19)16-9-3-2-4-12-13(9)17-15(20)24-12/h2-7H,1H3,(H,16,19)(H,17,20). The molecule has 9 nitrogen and oxygen atoms in total. The van der Waals surface area contributed by atoms with E-state index in [0.717, 1.165) is 6.07 Å².